The molecule has 2 aromatic carbocycles. The second kappa shape index (κ2) is 9.08. The molecule has 0 aliphatic heterocycles. The number of hydrogen-bond acceptors (Lipinski definition) is 2. The van der Waals surface area contributed by atoms with Crippen molar-refractivity contribution in [3.8, 4) is 0 Å². The number of benzene rings is 2. The zero-order valence-corrected chi connectivity index (χ0v) is 17.6. The zero-order valence-electron chi connectivity index (χ0n) is 17.6. The molecule has 164 valence electrons. The molecule has 0 aromatic heterocycles. The Morgan fingerprint density at radius 1 is 1.06 bits per heavy atom. The van der Waals surface area contributed by atoms with Crippen molar-refractivity contribution in [2.45, 2.75) is 38.8 Å². The van der Waals surface area contributed by atoms with E-state index in [0.717, 1.165) is 28.8 Å². The van der Waals surface area contributed by atoms with E-state index in [-0.39, 0.29) is 11.7 Å². The number of methoxy groups -OCH3 is 1. The summed E-state index contributed by atoms with van der Waals surface area (Å²) in [4.78, 5) is 12.5. The minimum Gasteiger partial charge on any atom is -0.466 e. The minimum absolute atomic E-state index is 0.169. The molecule has 0 amide bonds. The highest BCUT2D eigenvalue weighted by atomic mass is 19.4. The van der Waals surface area contributed by atoms with Gasteiger partial charge in [0.05, 0.1) is 12.7 Å². The SMILES string of the molecule is COC(=O)C1=CCC(C(C)C)=C(Cc2ccc(C(F)(F)F)cc2)C1c1ccc(F)cc1. The molecular weight excluding hydrogens is 408 g/mol. The molecule has 0 heterocycles. The Balaban J connectivity index is 2.08. The summed E-state index contributed by atoms with van der Waals surface area (Å²) >= 11 is 0. The first-order valence-corrected chi connectivity index (χ1v) is 10.0. The molecule has 0 radical (unpaired) electrons. The number of rotatable bonds is 5. The summed E-state index contributed by atoms with van der Waals surface area (Å²) in [5.74, 6) is -1.15. The Labute approximate surface area is 179 Å². The molecule has 3 rings (SSSR count). The van der Waals surface area contributed by atoms with Gasteiger partial charge in [0.1, 0.15) is 5.82 Å². The smallest absolute Gasteiger partial charge is 0.416 e. The van der Waals surface area contributed by atoms with E-state index in [4.69, 9.17) is 4.74 Å². The van der Waals surface area contributed by atoms with E-state index in [9.17, 15) is 22.4 Å². The van der Waals surface area contributed by atoms with E-state index >= 15 is 0 Å². The highest BCUT2D eigenvalue weighted by Crippen LogP contribution is 2.43. The fourth-order valence-corrected chi connectivity index (χ4v) is 4.05. The Hall–Kier alpha value is -2.89. The summed E-state index contributed by atoms with van der Waals surface area (Å²) in [6, 6.07) is 11.0. The molecule has 1 aliphatic carbocycles. The van der Waals surface area contributed by atoms with Crippen LogP contribution in [0, 0.1) is 11.7 Å². The predicted molar refractivity (Wildman–Crippen MR) is 111 cm³/mol. The van der Waals surface area contributed by atoms with Gasteiger partial charge in [-0.1, -0.05) is 55.3 Å². The molecule has 0 spiro atoms. The standard InChI is InChI=1S/C25H24F4O2/c1-15(2)20-12-13-21(24(30)31-3)23(17-6-10-19(26)11-7-17)22(20)14-16-4-8-18(9-5-16)25(27,28)29/h4-11,13,15,23H,12,14H2,1-3H3. The topological polar surface area (TPSA) is 26.3 Å². The van der Waals surface area contributed by atoms with Crippen LogP contribution in [0.15, 0.2) is 71.3 Å². The monoisotopic (exact) mass is 432 g/mol. The summed E-state index contributed by atoms with van der Waals surface area (Å²) in [7, 11) is 1.31. The van der Waals surface area contributed by atoms with E-state index in [1.54, 1.807) is 12.1 Å². The van der Waals surface area contributed by atoms with E-state index < -0.39 is 23.6 Å². The van der Waals surface area contributed by atoms with Crippen molar-refractivity contribution in [1.29, 1.82) is 0 Å². The van der Waals surface area contributed by atoms with Crippen molar-refractivity contribution < 1.29 is 27.1 Å². The maximum absolute atomic E-state index is 13.5. The lowest BCUT2D eigenvalue weighted by molar-refractivity contribution is -0.138. The van der Waals surface area contributed by atoms with Gasteiger partial charge in [-0.2, -0.15) is 13.2 Å². The van der Waals surface area contributed by atoms with Gasteiger partial charge in [0.25, 0.3) is 0 Å². The Morgan fingerprint density at radius 3 is 2.19 bits per heavy atom. The lowest BCUT2D eigenvalue weighted by Crippen LogP contribution is -2.22. The van der Waals surface area contributed by atoms with Crippen molar-refractivity contribution in [3.63, 3.8) is 0 Å². The number of halogens is 4. The molecular formula is C25H24F4O2. The van der Waals surface area contributed by atoms with Crippen LogP contribution in [0.5, 0.6) is 0 Å². The van der Waals surface area contributed by atoms with Gasteiger partial charge in [-0.3, -0.25) is 0 Å². The van der Waals surface area contributed by atoms with Crippen molar-refractivity contribution >= 4 is 5.97 Å². The van der Waals surface area contributed by atoms with E-state index in [0.29, 0.717) is 24.0 Å². The lowest BCUT2D eigenvalue weighted by atomic mass is 9.73. The number of allylic oxidation sites excluding steroid dienone is 3. The third kappa shape index (κ3) is 5.06. The van der Waals surface area contributed by atoms with Crippen LogP contribution in [0.1, 0.15) is 42.9 Å². The number of carbonyl (C=O) groups excluding carboxylic acids is 1. The summed E-state index contributed by atoms with van der Waals surface area (Å²) in [6.45, 7) is 4.08. The van der Waals surface area contributed by atoms with Gasteiger partial charge in [0, 0.05) is 11.5 Å². The largest absolute Gasteiger partial charge is 0.466 e. The van der Waals surface area contributed by atoms with Crippen LogP contribution < -0.4 is 0 Å². The summed E-state index contributed by atoms with van der Waals surface area (Å²) in [5.41, 5.74) is 3.24. The van der Waals surface area contributed by atoms with Gasteiger partial charge in [0.2, 0.25) is 0 Å². The molecule has 31 heavy (non-hydrogen) atoms. The first kappa shape index (κ1) is 22.8. The maximum atomic E-state index is 13.5. The lowest BCUT2D eigenvalue weighted by Gasteiger charge is -2.31. The third-order valence-electron chi connectivity index (χ3n) is 5.61. The fraction of sp³-hybridized carbons (Fsp3) is 0.320. The Morgan fingerprint density at radius 2 is 1.68 bits per heavy atom. The summed E-state index contributed by atoms with van der Waals surface area (Å²) in [5, 5.41) is 0. The first-order chi connectivity index (χ1) is 14.6. The molecule has 0 fully saturated rings. The molecule has 2 nitrogen and oxygen atoms in total. The first-order valence-electron chi connectivity index (χ1n) is 10.0. The molecule has 0 bridgehead atoms. The molecule has 0 saturated carbocycles. The molecule has 6 heteroatoms. The van der Waals surface area contributed by atoms with Gasteiger partial charge < -0.3 is 4.74 Å². The Bertz CT molecular complexity index is 997. The zero-order chi connectivity index (χ0) is 22.8. The van der Waals surface area contributed by atoms with Gasteiger partial charge >= 0.3 is 12.1 Å². The summed E-state index contributed by atoms with van der Waals surface area (Å²) in [6.07, 6.45) is -1.63. The highest BCUT2D eigenvalue weighted by Gasteiger charge is 2.33. The van der Waals surface area contributed by atoms with Crippen molar-refractivity contribution in [3.05, 3.63) is 93.8 Å². The second-order valence-corrected chi connectivity index (χ2v) is 7.92. The normalized spacial score (nSPS) is 17.0. The number of ether oxygens (including phenoxy) is 1. The van der Waals surface area contributed by atoms with Gasteiger partial charge in [-0.15, -0.1) is 0 Å². The van der Waals surface area contributed by atoms with Crippen molar-refractivity contribution in [2.75, 3.05) is 7.11 Å². The van der Waals surface area contributed by atoms with Crippen LogP contribution in [0.2, 0.25) is 0 Å². The van der Waals surface area contributed by atoms with E-state index in [2.05, 4.69) is 0 Å². The van der Waals surface area contributed by atoms with Crippen LogP contribution in [-0.2, 0) is 22.1 Å². The van der Waals surface area contributed by atoms with Gasteiger partial charge in [0.15, 0.2) is 0 Å². The third-order valence-corrected chi connectivity index (χ3v) is 5.61. The second-order valence-electron chi connectivity index (χ2n) is 7.92. The van der Waals surface area contributed by atoms with Crippen LogP contribution in [-0.4, -0.2) is 13.1 Å². The average molecular weight is 432 g/mol. The van der Waals surface area contributed by atoms with Crippen molar-refractivity contribution in [1.82, 2.24) is 0 Å². The van der Waals surface area contributed by atoms with E-state index in [1.807, 2.05) is 19.9 Å². The Kier molecular flexibility index (Phi) is 6.68. The number of hydrogen-bond donors (Lipinski definition) is 0. The van der Waals surface area contributed by atoms with Gasteiger partial charge in [-0.25, -0.2) is 9.18 Å². The van der Waals surface area contributed by atoms with Gasteiger partial charge in [-0.05, 0) is 54.2 Å². The molecule has 2 aromatic rings. The molecule has 1 atom stereocenters. The molecule has 0 saturated heterocycles. The van der Waals surface area contributed by atoms with Crippen LogP contribution in [0.4, 0.5) is 17.6 Å². The average Bonchev–Trinajstić information content (AvgIpc) is 2.73. The van der Waals surface area contributed by atoms with Crippen LogP contribution >= 0.6 is 0 Å². The maximum Gasteiger partial charge on any atom is 0.416 e. The van der Waals surface area contributed by atoms with E-state index in [1.165, 1.54) is 31.4 Å². The summed E-state index contributed by atoms with van der Waals surface area (Å²) < 4.78 is 57.4. The van der Waals surface area contributed by atoms with Crippen LogP contribution in [0.25, 0.3) is 0 Å². The molecule has 1 unspecified atom stereocenters. The van der Waals surface area contributed by atoms with Crippen LogP contribution in [0.3, 0.4) is 0 Å². The number of esters is 1. The molecule has 0 N–H and O–H groups in total. The minimum atomic E-state index is -4.40. The number of carbonyl (C=O) groups is 1. The number of alkyl halides is 3. The fourth-order valence-electron chi connectivity index (χ4n) is 4.05. The quantitative estimate of drug-likeness (QED) is 0.301. The predicted octanol–water partition coefficient (Wildman–Crippen LogP) is 6.63. The van der Waals surface area contributed by atoms with Crippen molar-refractivity contribution in [2.24, 2.45) is 5.92 Å². The highest BCUT2D eigenvalue weighted by molar-refractivity contribution is 5.91. The molecule has 1 aliphatic rings.